The lowest BCUT2D eigenvalue weighted by Gasteiger charge is -2.19. The van der Waals surface area contributed by atoms with Crippen LogP contribution in [0.2, 0.25) is 10.0 Å². The van der Waals surface area contributed by atoms with Gasteiger partial charge in [0.15, 0.2) is 12.1 Å². The summed E-state index contributed by atoms with van der Waals surface area (Å²) in [4.78, 5) is 22.5. The van der Waals surface area contributed by atoms with E-state index in [4.69, 9.17) is 38.4 Å². The van der Waals surface area contributed by atoms with Crippen LogP contribution in [0.1, 0.15) is 22.5 Å². The maximum absolute atomic E-state index is 12.7. The van der Waals surface area contributed by atoms with Crippen LogP contribution in [0, 0.1) is 0 Å². The van der Waals surface area contributed by atoms with E-state index >= 15 is 0 Å². The summed E-state index contributed by atoms with van der Waals surface area (Å²) in [6.07, 6.45) is 3.74. The van der Waals surface area contributed by atoms with E-state index in [1.807, 2.05) is 0 Å². The number of ether oxygens (including phenoxy) is 2. The van der Waals surface area contributed by atoms with Crippen molar-refractivity contribution in [3.05, 3.63) is 51.5 Å². The third-order valence-electron chi connectivity index (χ3n) is 4.18. The molecule has 3 heterocycles. The van der Waals surface area contributed by atoms with Crippen LogP contribution in [0.15, 0.2) is 36.6 Å². The molecule has 0 amide bonds. The number of carbonyl (C=O) groups is 1. The molecule has 4 rings (SSSR count). The van der Waals surface area contributed by atoms with Crippen LogP contribution >= 0.6 is 34.5 Å². The molecule has 0 spiro atoms. The first-order valence-corrected chi connectivity index (χ1v) is 10.1. The Balaban J connectivity index is 1.65. The Bertz CT molecular complexity index is 1080. The van der Waals surface area contributed by atoms with Crippen molar-refractivity contribution in [3.8, 4) is 11.3 Å². The number of benzene rings is 1. The lowest BCUT2D eigenvalue weighted by atomic mass is 10.1. The fraction of sp³-hybridized carbons (Fsp3) is 0.211. The van der Waals surface area contributed by atoms with Crippen molar-refractivity contribution < 1.29 is 14.3 Å². The summed E-state index contributed by atoms with van der Waals surface area (Å²) in [6, 6.07) is 6.92. The maximum atomic E-state index is 12.7. The first-order valence-electron chi connectivity index (χ1n) is 8.49. The van der Waals surface area contributed by atoms with Crippen LogP contribution in [0.25, 0.3) is 21.5 Å². The number of hydrogen-bond donors (Lipinski definition) is 1. The Morgan fingerprint density at radius 3 is 2.89 bits per heavy atom. The van der Waals surface area contributed by atoms with Gasteiger partial charge in [0.2, 0.25) is 5.95 Å². The van der Waals surface area contributed by atoms with E-state index in [1.165, 1.54) is 11.3 Å². The minimum atomic E-state index is -0.401. The molecule has 1 aliphatic heterocycles. The number of Topliss-reactive ketones (excluding diaryl/α,β-unsaturated/α-hetero) is 1. The molecule has 1 aromatic carbocycles. The predicted molar refractivity (Wildman–Crippen MR) is 111 cm³/mol. The molecule has 2 aromatic heterocycles. The van der Waals surface area contributed by atoms with E-state index in [9.17, 15) is 4.79 Å². The smallest absolute Gasteiger partial charge is 0.221 e. The van der Waals surface area contributed by atoms with Crippen LogP contribution in [-0.2, 0) is 9.47 Å². The molecule has 0 radical (unpaired) electrons. The Labute approximate surface area is 174 Å². The molecule has 144 valence electrons. The summed E-state index contributed by atoms with van der Waals surface area (Å²) in [6.45, 7) is 0.488. The summed E-state index contributed by atoms with van der Waals surface area (Å²) in [7, 11) is 0. The van der Waals surface area contributed by atoms with Crippen molar-refractivity contribution in [1.29, 1.82) is 0 Å². The Morgan fingerprint density at radius 1 is 1.29 bits per heavy atom. The SMILES string of the molecule is Nc1nc(-c2ccc(Cl)cc2Cl)c2cc(C(=O)CCC3OC=CCO3)sc2n1. The largest absolute Gasteiger partial charge is 0.473 e. The summed E-state index contributed by atoms with van der Waals surface area (Å²) in [5, 5.41) is 1.70. The minimum Gasteiger partial charge on any atom is -0.473 e. The molecule has 0 fully saturated rings. The van der Waals surface area contributed by atoms with Gasteiger partial charge in [-0.2, -0.15) is 0 Å². The fourth-order valence-corrected chi connectivity index (χ4v) is 4.37. The zero-order valence-corrected chi connectivity index (χ0v) is 16.9. The van der Waals surface area contributed by atoms with Crippen molar-refractivity contribution in [2.24, 2.45) is 0 Å². The average Bonchev–Trinajstić information content (AvgIpc) is 3.10. The summed E-state index contributed by atoms with van der Waals surface area (Å²) < 4.78 is 10.7. The molecule has 3 aromatic rings. The second-order valence-electron chi connectivity index (χ2n) is 6.12. The molecule has 9 heteroatoms. The number of hydrogen-bond acceptors (Lipinski definition) is 7. The number of anilines is 1. The Hall–Kier alpha value is -2.19. The van der Waals surface area contributed by atoms with Crippen molar-refractivity contribution in [2.75, 3.05) is 12.3 Å². The summed E-state index contributed by atoms with van der Waals surface area (Å²) in [5.74, 6) is 0.0987. The highest BCUT2D eigenvalue weighted by Crippen LogP contribution is 2.37. The first kappa shape index (κ1) is 19.1. The van der Waals surface area contributed by atoms with Crippen molar-refractivity contribution >= 4 is 56.5 Å². The Morgan fingerprint density at radius 2 is 2.14 bits per heavy atom. The highest BCUT2D eigenvalue weighted by molar-refractivity contribution is 7.20. The normalized spacial score (nSPS) is 16.3. The van der Waals surface area contributed by atoms with Crippen molar-refractivity contribution in [3.63, 3.8) is 0 Å². The molecule has 1 unspecified atom stereocenters. The minimum absolute atomic E-state index is 0.0172. The molecular formula is C19H15Cl2N3O3S. The first-order chi connectivity index (χ1) is 13.5. The van der Waals surface area contributed by atoms with Gasteiger partial charge in [0, 0.05) is 28.8 Å². The number of nitrogen functional groups attached to an aromatic ring is 1. The molecular weight excluding hydrogens is 421 g/mol. The third-order valence-corrected chi connectivity index (χ3v) is 5.80. The molecule has 2 N–H and O–H groups in total. The van der Waals surface area contributed by atoms with Crippen molar-refractivity contribution in [1.82, 2.24) is 9.97 Å². The van der Waals surface area contributed by atoms with Crippen LogP contribution in [0.3, 0.4) is 0 Å². The van der Waals surface area contributed by atoms with Gasteiger partial charge < -0.3 is 15.2 Å². The van der Waals surface area contributed by atoms with E-state index in [1.54, 1.807) is 36.6 Å². The zero-order chi connectivity index (χ0) is 19.7. The maximum Gasteiger partial charge on any atom is 0.221 e. The van der Waals surface area contributed by atoms with E-state index in [2.05, 4.69) is 9.97 Å². The third kappa shape index (κ3) is 3.98. The fourth-order valence-electron chi connectivity index (χ4n) is 2.87. The number of rotatable bonds is 5. The molecule has 0 saturated carbocycles. The highest BCUT2D eigenvalue weighted by Gasteiger charge is 2.20. The lowest BCUT2D eigenvalue weighted by Crippen LogP contribution is -2.19. The zero-order valence-electron chi connectivity index (χ0n) is 14.5. The van der Waals surface area contributed by atoms with Crippen LogP contribution in [-0.4, -0.2) is 28.6 Å². The number of aromatic nitrogens is 2. The quantitative estimate of drug-likeness (QED) is 0.561. The highest BCUT2D eigenvalue weighted by atomic mass is 35.5. The van der Waals surface area contributed by atoms with E-state index in [0.717, 1.165) is 5.39 Å². The average molecular weight is 436 g/mol. The Kier molecular flexibility index (Phi) is 5.50. The van der Waals surface area contributed by atoms with E-state index in [0.29, 0.717) is 50.5 Å². The van der Waals surface area contributed by atoms with Crippen LogP contribution in [0.5, 0.6) is 0 Å². The molecule has 1 aliphatic rings. The van der Waals surface area contributed by atoms with Crippen LogP contribution in [0.4, 0.5) is 5.95 Å². The molecule has 0 aliphatic carbocycles. The van der Waals surface area contributed by atoms with Crippen LogP contribution < -0.4 is 5.73 Å². The number of thiophene rings is 1. The number of halogens is 2. The molecule has 0 bridgehead atoms. The van der Waals surface area contributed by atoms with E-state index in [-0.39, 0.29) is 11.7 Å². The summed E-state index contributed by atoms with van der Waals surface area (Å²) >= 11 is 13.6. The van der Waals surface area contributed by atoms with Gasteiger partial charge in [-0.15, -0.1) is 11.3 Å². The second kappa shape index (κ2) is 8.05. The lowest BCUT2D eigenvalue weighted by molar-refractivity contribution is -0.114. The number of ketones is 1. The van der Waals surface area contributed by atoms with Gasteiger partial charge in [-0.05, 0) is 30.3 Å². The van der Waals surface area contributed by atoms with Gasteiger partial charge in [-0.25, -0.2) is 9.97 Å². The van der Waals surface area contributed by atoms with Gasteiger partial charge >= 0.3 is 0 Å². The standard InChI is InChI=1S/C19H15Cl2N3O3S/c20-10-2-3-11(13(21)8-10)17-12-9-15(28-18(12)24-19(22)23-17)14(25)4-5-16-26-6-1-7-27-16/h1-3,6,8-9,16H,4-5,7H2,(H2,22,23,24). The predicted octanol–water partition coefficient (Wildman–Crippen LogP) is 5.10. The second-order valence-corrected chi connectivity index (χ2v) is 7.99. The molecule has 0 saturated heterocycles. The summed E-state index contributed by atoms with van der Waals surface area (Å²) in [5.41, 5.74) is 7.13. The van der Waals surface area contributed by atoms with Gasteiger partial charge in [0.05, 0.1) is 28.5 Å². The van der Waals surface area contributed by atoms with Gasteiger partial charge in [-0.3, -0.25) is 4.79 Å². The van der Waals surface area contributed by atoms with Gasteiger partial charge in [0.25, 0.3) is 0 Å². The molecule has 28 heavy (non-hydrogen) atoms. The number of carbonyl (C=O) groups excluding carboxylic acids is 1. The van der Waals surface area contributed by atoms with Gasteiger partial charge in [-0.1, -0.05) is 23.2 Å². The van der Waals surface area contributed by atoms with E-state index < -0.39 is 6.29 Å². The molecule has 6 nitrogen and oxygen atoms in total. The number of fused-ring (bicyclic) bond motifs is 1. The number of nitrogens with zero attached hydrogens (tertiary/aromatic N) is 2. The monoisotopic (exact) mass is 435 g/mol. The molecule has 1 atom stereocenters. The topological polar surface area (TPSA) is 87.3 Å². The number of nitrogens with two attached hydrogens (primary N) is 1. The van der Waals surface area contributed by atoms with Crippen molar-refractivity contribution in [2.45, 2.75) is 19.1 Å². The van der Waals surface area contributed by atoms with Gasteiger partial charge in [0.1, 0.15) is 4.83 Å².